The number of urea groups is 1. The number of amides is 3. The standard InChI is InChI=1S/C31H28N8O3/c1-20(40)34-23-9-11-25(12-10-23)36-31(41)35-24-7-5-21(6-8-24)29-37-27-18-22(26-4-2-3-13-32-26)19-33-28(27)30(38-29)39-14-16-42-17-15-39/h2-13,18-19H,14-17H2,1H3,(H,34,40)(H2,35,36,41). The highest BCUT2D eigenvalue weighted by Gasteiger charge is 2.20. The van der Waals surface area contributed by atoms with Crippen LogP contribution < -0.4 is 20.9 Å². The molecule has 0 radical (unpaired) electrons. The van der Waals surface area contributed by atoms with Crippen LogP contribution in [-0.4, -0.2) is 58.2 Å². The van der Waals surface area contributed by atoms with E-state index >= 15 is 0 Å². The predicted molar refractivity (Wildman–Crippen MR) is 162 cm³/mol. The molecule has 0 bridgehead atoms. The average Bonchev–Trinajstić information content (AvgIpc) is 3.02. The smallest absolute Gasteiger partial charge is 0.323 e. The van der Waals surface area contributed by atoms with E-state index in [1.54, 1.807) is 48.8 Å². The molecule has 11 heteroatoms. The number of nitrogens with zero attached hydrogens (tertiary/aromatic N) is 5. The summed E-state index contributed by atoms with van der Waals surface area (Å²) in [6.45, 7) is 4.10. The molecule has 3 aromatic heterocycles. The minimum Gasteiger partial charge on any atom is -0.378 e. The fourth-order valence-corrected chi connectivity index (χ4v) is 4.64. The number of aromatic nitrogens is 4. The molecule has 0 unspecified atom stereocenters. The van der Waals surface area contributed by atoms with Gasteiger partial charge >= 0.3 is 6.03 Å². The van der Waals surface area contributed by atoms with Crippen molar-refractivity contribution in [2.75, 3.05) is 47.2 Å². The Labute approximate surface area is 242 Å². The molecule has 42 heavy (non-hydrogen) atoms. The molecule has 5 aromatic rings. The van der Waals surface area contributed by atoms with Crippen LogP contribution in [0.15, 0.2) is 85.2 Å². The Kier molecular flexibility index (Phi) is 7.64. The van der Waals surface area contributed by atoms with Crippen molar-refractivity contribution in [3.8, 4) is 22.6 Å². The summed E-state index contributed by atoms with van der Waals surface area (Å²) in [6, 6.07) is 21.6. The maximum absolute atomic E-state index is 12.6. The van der Waals surface area contributed by atoms with Crippen LogP contribution in [-0.2, 0) is 9.53 Å². The third-order valence-electron chi connectivity index (χ3n) is 6.65. The summed E-state index contributed by atoms with van der Waals surface area (Å²) in [5.41, 5.74) is 5.79. The highest BCUT2D eigenvalue weighted by Crippen LogP contribution is 2.30. The van der Waals surface area contributed by atoms with E-state index in [0.29, 0.717) is 49.2 Å². The molecule has 2 aromatic carbocycles. The number of hydrogen-bond donors (Lipinski definition) is 3. The lowest BCUT2D eigenvalue weighted by Gasteiger charge is -2.28. The van der Waals surface area contributed by atoms with Crippen LogP contribution in [0.4, 0.5) is 27.7 Å². The molecule has 1 aliphatic rings. The molecule has 1 aliphatic heterocycles. The van der Waals surface area contributed by atoms with Gasteiger partial charge in [-0.15, -0.1) is 0 Å². The van der Waals surface area contributed by atoms with Gasteiger partial charge in [0.25, 0.3) is 0 Å². The van der Waals surface area contributed by atoms with Crippen molar-refractivity contribution < 1.29 is 14.3 Å². The van der Waals surface area contributed by atoms with Crippen LogP contribution in [0.1, 0.15) is 6.92 Å². The summed E-state index contributed by atoms with van der Waals surface area (Å²) in [7, 11) is 0. The van der Waals surface area contributed by atoms with E-state index < -0.39 is 0 Å². The molecule has 11 nitrogen and oxygen atoms in total. The van der Waals surface area contributed by atoms with Gasteiger partial charge in [0.15, 0.2) is 11.6 Å². The van der Waals surface area contributed by atoms with Crippen molar-refractivity contribution in [3.05, 3.63) is 85.2 Å². The molecule has 3 amide bonds. The zero-order valence-electron chi connectivity index (χ0n) is 22.9. The van der Waals surface area contributed by atoms with E-state index in [1.807, 2.05) is 36.4 Å². The molecule has 0 saturated carbocycles. The number of carbonyl (C=O) groups excluding carboxylic acids is 2. The molecule has 4 heterocycles. The van der Waals surface area contributed by atoms with Gasteiger partial charge < -0.3 is 25.6 Å². The summed E-state index contributed by atoms with van der Waals surface area (Å²) in [4.78, 5) is 44.9. The minimum absolute atomic E-state index is 0.158. The molecule has 6 rings (SSSR count). The second kappa shape index (κ2) is 12.0. The summed E-state index contributed by atoms with van der Waals surface area (Å²) in [6.07, 6.45) is 3.56. The minimum atomic E-state index is -0.389. The first-order valence-corrected chi connectivity index (χ1v) is 13.5. The predicted octanol–water partition coefficient (Wildman–Crippen LogP) is 5.19. The van der Waals surface area contributed by atoms with Crippen molar-refractivity contribution in [1.29, 1.82) is 0 Å². The van der Waals surface area contributed by atoms with Gasteiger partial charge in [-0.3, -0.25) is 9.78 Å². The molecular formula is C31H28N8O3. The SMILES string of the molecule is CC(=O)Nc1ccc(NC(=O)Nc2ccc(-c3nc(N4CCOCC4)c4ncc(-c5ccccn5)cc4n3)cc2)cc1. The first kappa shape index (κ1) is 26.8. The molecule has 0 spiro atoms. The number of rotatable bonds is 6. The maximum atomic E-state index is 12.6. The largest absolute Gasteiger partial charge is 0.378 e. The second-order valence-corrected chi connectivity index (χ2v) is 9.69. The highest BCUT2D eigenvalue weighted by molar-refractivity contribution is 6.00. The Bertz CT molecular complexity index is 1720. The topological polar surface area (TPSA) is 134 Å². The van der Waals surface area contributed by atoms with Crippen molar-refractivity contribution >= 4 is 45.9 Å². The van der Waals surface area contributed by atoms with Gasteiger partial charge in [0.1, 0.15) is 5.52 Å². The lowest BCUT2D eigenvalue weighted by Crippen LogP contribution is -2.37. The Morgan fingerprint density at radius 3 is 2.10 bits per heavy atom. The molecular weight excluding hydrogens is 532 g/mol. The number of pyridine rings is 2. The van der Waals surface area contributed by atoms with Crippen LogP contribution in [0.25, 0.3) is 33.7 Å². The Morgan fingerprint density at radius 2 is 1.45 bits per heavy atom. The van der Waals surface area contributed by atoms with Crippen LogP contribution in [0.2, 0.25) is 0 Å². The number of carbonyl (C=O) groups is 2. The molecule has 3 N–H and O–H groups in total. The van der Waals surface area contributed by atoms with Gasteiger partial charge in [-0.2, -0.15) is 0 Å². The third-order valence-corrected chi connectivity index (χ3v) is 6.65. The van der Waals surface area contributed by atoms with Crippen LogP contribution >= 0.6 is 0 Å². The monoisotopic (exact) mass is 560 g/mol. The summed E-state index contributed by atoms with van der Waals surface area (Å²) in [5, 5.41) is 8.31. The first-order valence-electron chi connectivity index (χ1n) is 13.5. The second-order valence-electron chi connectivity index (χ2n) is 9.69. The Balaban J connectivity index is 1.24. The normalized spacial score (nSPS) is 13.0. The van der Waals surface area contributed by atoms with Crippen LogP contribution in [0.3, 0.4) is 0 Å². The van der Waals surface area contributed by atoms with Crippen LogP contribution in [0.5, 0.6) is 0 Å². The van der Waals surface area contributed by atoms with Crippen LogP contribution in [0, 0.1) is 0 Å². The molecule has 1 saturated heterocycles. The van der Waals surface area contributed by atoms with Gasteiger partial charge in [-0.1, -0.05) is 6.07 Å². The van der Waals surface area contributed by atoms with Gasteiger partial charge in [0.2, 0.25) is 5.91 Å². The maximum Gasteiger partial charge on any atom is 0.323 e. The molecule has 0 aliphatic carbocycles. The number of ether oxygens (including phenoxy) is 1. The fourth-order valence-electron chi connectivity index (χ4n) is 4.64. The highest BCUT2D eigenvalue weighted by atomic mass is 16.5. The van der Waals surface area contributed by atoms with Crippen molar-refractivity contribution in [1.82, 2.24) is 19.9 Å². The Hall–Kier alpha value is -5.42. The van der Waals surface area contributed by atoms with Gasteiger partial charge in [0.05, 0.1) is 24.4 Å². The lowest BCUT2D eigenvalue weighted by atomic mass is 10.1. The number of benzene rings is 2. The first-order chi connectivity index (χ1) is 20.5. The number of morpholine rings is 1. The van der Waals surface area contributed by atoms with E-state index in [0.717, 1.165) is 33.7 Å². The molecule has 1 fully saturated rings. The fraction of sp³-hybridized carbons (Fsp3) is 0.161. The van der Waals surface area contributed by atoms with Gasteiger partial charge in [0, 0.05) is 60.6 Å². The van der Waals surface area contributed by atoms with E-state index in [-0.39, 0.29) is 11.9 Å². The molecule has 210 valence electrons. The van der Waals surface area contributed by atoms with E-state index in [4.69, 9.17) is 19.7 Å². The van der Waals surface area contributed by atoms with Crippen molar-refractivity contribution in [2.45, 2.75) is 6.92 Å². The number of hydrogen-bond acceptors (Lipinski definition) is 8. The summed E-state index contributed by atoms with van der Waals surface area (Å²) >= 11 is 0. The average molecular weight is 561 g/mol. The zero-order chi connectivity index (χ0) is 28.9. The van der Waals surface area contributed by atoms with Gasteiger partial charge in [-0.25, -0.2) is 19.7 Å². The summed E-state index contributed by atoms with van der Waals surface area (Å²) in [5.74, 6) is 1.16. The van der Waals surface area contributed by atoms with E-state index in [9.17, 15) is 9.59 Å². The number of nitrogens with one attached hydrogen (secondary N) is 3. The van der Waals surface area contributed by atoms with Gasteiger partial charge in [-0.05, 0) is 66.7 Å². The lowest BCUT2D eigenvalue weighted by molar-refractivity contribution is -0.114. The van der Waals surface area contributed by atoms with Crippen molar-refractivity contribution in [2.24, 2.45) is 0 Å². The zero-order valence-corrected chi connectivity index (χ0v) is 22.9. The molecule has 0 atom stereocenters. The summed E-state index contributed by atoms with van der Waals surface area (Å²) < 4.78 is 5.56. The van der Waals surface area contributed by atoms with E-state index in [2.05, 4.69) is 25.8 Å². The number of fused-ring (bicyclic) bond motifs is 1. The third kappa shape index (κ3) is 6.16. The quantitative estimate of drug-likeness (QED) is 0.258. The number of anilines is 4. The van der Waals surface area contributed by atoms with Crippen molar-refractivity contribution in [3.63, 3.8) is 0 Å². The van der Waals surface area contributed by atoms with E-state index in [1.165, 1.54) is 6.92 Å². The Morgan fingerprint density at radius 1 is 0.786 bits per heavy atom.